The summed E-state index contributed by atoms with van der Waals surface area (Å²) in [6.07, 6.45) is 1.79. The van der Waals surface area contributed by atoms with Gasteiger partial charge in [-0.05, 0) is 42.8 Å². The van der Waals surface area contributed by atoms with Crippen molar-refractivity contribution in [2.45, 2.75) is 13.0 Å². The Bertz CT molecular complexity index is 1830. The van der Waals surface area contributed by atoms with Gasteiger partial charge in [-0.2, -0.15) is 0 Å². The van der Waals surface area contributed by atoms with Crippen molar-refractivity contribution in [3.05, 3.63) is 105 Å². The van der Waals surface area contributed by atoms with E-state index in [-0.39, 0.29) is 22.2 Å². The molecule has 38 heavy (non-hydrogen) atoms. The van der Waals surface area contributed by atoms with Crippen LogP contribution in [0.1, 0.15) is 29.0 Å². The minimum atomic E-state index is -1.02. The first-order valence-corrected chi connectivity index (χ1v) is 12.0. The molecule has 0 spiro atoms. The molecule has 0 fully saturated rings. The Morgan fingerprint density at radius 2 is 1.68 bits per heavy atom. The zero-order valence-corrected chi connectivity index (χ0v) is 21.4. The molecule has 0 aliphatic carbocycles. The van der Waals surface area contributed by atoms with E-state index in [1.165, 1.54) is 24.0 Å². The first kappa shape index (κ1) is 24.8. The van der Waals surface area contributed by atoms with Gasteiger partial charge in [-0.15, -0.1) is 0 Å². The molecule has 0 radical (unpaired) electrons. The standard InChI is InChI=1S/C29H26N4O5/c1-17(27(35)31(2)3)33-28(36)20-16-19(13-14-21(20)30-29(33)37)25(34)24-23(18-10-6-5-7-11-18)26(38-4)22-12-8-9-15-32(22)24/h5-17H,1-4H3,(H,30,37). The monoisotopic (exact) mass is 510 g/mol. The fraction of sp³-hybridized carbons (Fsp3) is 0.172. The summed E-state index contributed by atoms with van der Waals surface area (Å²) >= 11 is 0. The number of methoxy groups -OCH3 is 1. The molecule has 0 aliphatic rings. The lowest BCUT2D eigenvalue weighted by Gasteiger charge is -2.18. The molecule has 2 aromatic carbocycles. The molecule has 5 rings (SSSR count). The molecule has 0 saturated carbocycles. The van der Waals surface area contributed by atoms with Gasteiger partial charge in [0.1, 0.15) is 11.7 Å². The third kappa shape index (κ3) is 3.88. The van der Waals surface area contributed by atoms with E-state index in [0.717, 1.165) is 15.6 Å². The van der Waals surface area contributed by atoms with E-state index in [1.54, 1.807) is 37.9 Å². The van der Waals surface area contributed by atoms with Gasteiger partial charge in [0.05, 0.1) is 29.1 Å². The summed E-state index contributed by atoms with van der Waals surface area (Å²) in [5, 5.41) is 0.128. The highest BCUT2D eigenvalue weighted by Gasteiger charge is 2.27. The van der Waals surface area contributed by atoms with Crippen molar-refractivity contribution in [3.63, 3.8) is 0 Å². The van der Waals surface area contributed by atoms with Crippen LogP contribution < -0.4 is 16.0 Å². The fourth-order valence-corrected chi connectivity index (χ4v) is 4.82. The maximum absolute atomic E-state index is 14.1. The van der Waals surface area contributed by atoms with Crippen molar-refractivity contribution in [3.8, 4) is 16.9 Å². The van der Waals surface area contributed by atoms with E-state index in [0.29, 0.717) is 17.0 Å². The van der Waals surface area contributed by atoms with Crippen LogP contribution in [0.5, 0.6) is 5.75 Å². The molecule has 1 atom stereocenters. The number of aromatic amines is 1. The number of aromatic nitrogens is 3. The number of amides is 1. The van der Waals surface area contributed by atoms with Gasteiger partial charge in [0.25, 0.3) is 5.56 Å². The third-order valence-corrected chi connectivity index (χ3v) is 6.66. The maximum Gasteiger partial charge on any atom is 0.329 e. The molecule has 0 bridgehead atoms. The number of hydrogen-bond donors (Lipinski definition) is 1. The van der Waals surface area contributed by atoms with Crippen LogP contribution in [0.15, 0.2) is 82.5 Å². The van der Waals surface area contributed by atoms with Crippen LogP contribution in [0, 0.1) is 0 Å². The Labute approximate surface area is 217 Å². The van der Waals surface area contributed by atoms with Gasteiger partial charge in [-0.3, -0.25) is 14.4 Å². The average Bonchev–Trinajstić information content (AvgIpc) is 3.26. The second-order valence-corrected chi connectivity index (χ2v) is 9.18. The van der Waals surface area contributed by atoms with Gasteiger partial charge in [0.15, 0.2) is 5.75 Å². The Morgan fingerprint density at radius 3 is 2.37 bits per heavy atom. The van der Waals surface area contributed by atoms with E-state index in [4.69, 9.17) is 4.74 Å². The summed E-state index contributed by atoms with van der Waals surface area (Å²) < 4.78 is 8.42. The highest BCUT2D eigenvalue weighted by molar-refractivity contribution is 6.15. The van der Waals surface area contributed by atoms with E-state index < -0.39 is 23.2 Å². The molecule has 9 heteroatoms. The van der Waals surface area contributed by atoms with E-state index in [1.807, 2.05) is 48.5 Å². The smallest absolute Gasteiger partial charge is 0.329 e. The number of ketones is 1. The highest BCUT2D eigenvalue weighted by Crippen LogP contribution is 2.40. The molecule has 5 aromatic rings. The number of H-pyrrole nitrogens is 1. The predicted molar refractivity (Wildman–Crippen MR) is 145 cm³/mol. The molecule has 0 aliphatic heterocycles. The minimum absolute atomic E-state index is 0.128. The summed E-state index contributed by atoms with van der Waals surface area (Å²) in [5.74, 6) is -0.170. The average molecular weight is 511 g/mol. The molecule has 0 saturated heterocycles. The van der Waals surface area contributed by atoms with Crippen molar-refractivity contribution in [1.82, 2.24) is 18.9 Å². The van der Waals surface area contributed by atoms with Crippen LogP contribution in [0.4, 0.5) is 0 Å². The molecule has 3 aromatic heterocycles. The summed E-state index contributed by atoms with van der Waals surface area (Å²) in [6.45, 7) is 1.49. The van der Waals surface area contributed by atoms with Crippen LogP contribution in [-0.4, -0.2) is 51.7 Å². The molecule has 1 amide bonds. The van der Waals surface area contributed by atoms with Crippen molar-refractivity contribution in [1.29, 1.82) is 0 Å². The number of nitrogens with zero attached hydrogens (tertiary/aromatic N) is 3. The number of carbonyl (C=O) groups excluding carboxylic acids is 2. The quantitative estimate of drug-likeness (QED) is 0.352. The van der Waals surface area contributed by atoms with Crippen LogP contribution >= 0.6 is 0 Å². The largest absolute Gasteiger partial charge is 0.494 e. The lowest BCUT2D eigenvalue weighted by Crippen LogP contribution is -2.43. The van der Waals surface area contributed by atoms with E-state index >= 15 is 0 Å². The van der Waals surface area contributed by atoms with Crippen molar-refractivity contribution < 1.29 is 14.3 Å². The summed E-state index contributed by atoms with van der Waals surface area (Å²) in [4.78, 5) is 56.7. The van der Waals surface area contributed by atoms with Gasteiger partial charge in [0.2, 0.25) is 11.7 Å². The number of nitrogens with one attached hydrogen (secondary N) is 1. The molecular weight excluding hydrogens is 484 g/mol. The van der Waals surface area contributed by atoms with E-state index in [9.17, 15) is 19.2 Å². The number of hydrogen-bond acceptors (Lipinski definition) is 5. The molecule has 1 N–H and O–H groups in total. The number of ether oxygens (including phenoxy) is 1. The molecule has 192 valence electrons. The summed E-state index contributed by atoms with van der Waals surface area (Å²) in [6, 6.07) is 18.6. The zero-order chi connectivity index (χ0) is 27.1. The van der Waals surface area contributed by atoms with Crippen LogP contribution in [-0.2, 0) is 4.79 Å². The van der Waals surface area contributed by atoms with Gasteiger partial charge in [-0.25, -0.2) is 9.36 Å². The fourth-order valence-electron chi connectivity index (χ4n) is 4.82. The minimum Gasteiger partial charge on any atom is -0.494 e. The van der Waals surface area contributed by atoms with E-state index in [2.05, 4.69) is 4.98 Å². The van der Waals surface area contributed by atoms with Crippen LogP contribution in [0.2, 0.25) is 0 Å². The Balaban J connectivity index is 1.74. The Kier molecular flexibility index (Phi) is 6.20. The number of pyridine rings is 1. The first-order chi connectivity index (χ1) is 18.2. The van der Waals surface area contributed by atoms with Crippen molar-refractivity contribution >= 4 is 28.1 Å². The number of likely N-dealkylation sites (N-methyl/N-ethyl adjacent to an activating group) is 1. The Hall–Kier alpha value is -4.92. The summed E-state index contributed by atoms with van der Waals surface area (Å²) in [7, 11) is 4.67. The lowest BCUT2D eigenvalue weighted by atomic mass is 9.98. The van der Waals surface area contributed by atoms with Crippen LogP contribution in [0.25, 0.3) is 27.5 Å². The lowest BCUT2D eigenvalue weighted by molar-refractivity contribution is -0.131. The highest BCUT2D eigenvalue weighted by atomic mass is 16.5. The molecule has 1 unspecified atom stereocenters. The second-order valence-electron chi connectivity index (χ2n) is 9.18. The third-order valence-electron chi connectivity index (χ3n) is 6.66. The van der Waals surface area contributed by atoms with Crippen molar-refractivity contribution in [2.75, 3.05) is 21.2 Å². The van der Waals surface area contributed by atoms with Gasteiger partial charge in [-0.1, -0.05) is 36.4 Å². The number of carbonyl (C=O) groups is 2. The second kappa shape index (κ2) is 9.51. The zero-order valence-electron chi connectivity index (χ0n) is 21.4. The topological polar surface area (TPSA) is 106 Å². The Morgan fingerprint density at radius 1 is 0.974 bits per heavy atom. The number of rotatable bonds is 6. The molecule has 3 heterocycles. The van der Waals surface area contributed by atoms with Gasteiger partial charge >= 0.3 is 5.69 Å². The summed E-state index contributed by atoms with van der Waals surface area (Å²) in [5.41, 5.74) is 1.72. The molecular formula is C29H26N4O5. The van der Waals surface area contributed by atoms with Crippen LogP contribution in [0.3, 0.4) is 0 Å². The number of fused-ring (bicyclic) bond motifs is 2. The maximum atomic E-state index is 14.1. The van der Waals surface area contributed by atoms with Gasteiger partial charge < -0.3 is 19.0 Å². The number of benzene rings is 2. The normalized spacial score (nSPS) is 12.0. The van der Waals surface area contributed by atoms with Crippen molar-refractivity contribution in [2.24, 2.45) is 0 Å². The van der Waals surface area contributed by atoms with Gasteiger partial charge in [0, 0.05) is 25.9 Å². The SMILES string of the molecule is COc1c(-c2ccccc2)c(C(=O)c2ccc3[nH]c(=O)n(C(C)C(=O)N(C)C)c(=O)c3c2)n2ccccc12. The predicted octanol–water partition coefficient (Wildman–Crippen LogP) is 3.50. The molecule has 9 nitrogen and oxygen atoms in total. The first-order valence-electron chi connectivity index (χ1n) is 12.0.